The summed E-state index contributed by atoms with van der Waals surface area (Å²) in [5.41, 5.74) is 3.69. The van der Waals surface area contributed by atoms with Crippen LogP contribution in [-0.2, 0) is 11.2 Å². The molecule has 162 valence electrons. The molecule has 32 heavy (non-hydrogen) atoms. The van der Waals surface area contributed by atoms with Crippen molar-refractivity contribution in [2.45, 2.75) is 6.42 Å². The van der Waals surface area contributed by atoms with Crippen LogP contribution in [0.25, 0.3) is 16.8 Å². The van der Waals surface area contributed by atoms with Gasteiger partial charge in [0.25, 0.3) is 6.33 Å². The highest BCUT2D eigenvalue weighted by Crippen LogP contribution is 2.26. The Bertz CT molecular complexity index is 1230. The number of halogens is 1. The zero-order valence-electron chi connectivity index (χ0n) is 16.4. The van der Waals surface area contributed by atoms with E-state index in [1.165, 1.54) is 12.1 Å². The zero-order valence-corrected chi connectivity index (χ0v) is 17.2. The number of hydrogen-bond donors (Lipinski definition) is 3. The minimum Gasteiger partial charge on any atom is -0.870 e. The number of carboxylic acids is 1. The van der Waals surface area contributed by atoms with E-state index in [0.29, 0.717) is 16.4 Å². The number of rotatable bonds is 6. The van der Waals surface area contributed by atoms with Gasteiger partial charge in [0.1, 0.15) is 10.8 Å². The highest BCUT2D eigenvalue weighted by atomic mass is 35.5. The van der Waals surface area contributed by atoms with Crippen LogP contribution in [0.15, 0.2) is 67.1 Å². The van der Waals surface area contributed by atoms with Crippen molar-refractivity contribution in [3.8, 4) is 16.8 Å². The van der Waals surface area contributed by atoms with Gasteiger partial charge in [-0.15, -0.1) is 4.68 Å². The maximum Gasteiger partial charge on any atom is 0.335 e. The molecule has 0 bridgehead atoms. The standard InChI is InChI=1S/C21H15ClN6O3.H2O/c22-15-4-8-19(28-12-24-26-27-28)18(9-15)14-3-7-17(23-11-14)10-20(29)25-16-5-1-13(2-6-16)21(30)31;/h1-9,11-12H,10H2,(H2,25,29,30,31);1H2. The average Bonchev–Trinajstić information content (AvgIpc) is 3.29. The number of pyridine rings is 1. The van der Waals surface area contributed by atoms with E-state index in [-0.39, 0.29) is 23.4 Å². The monoisotopic (exact) mass is 452 g/mol. The van der Waals surface area contributed by atoms with E-state index in [0.717, 1.165) is 16.8 Å². The number of aromatic carboxylic acids is 1. The van der Waals surface area contributed by atoms with Gasteiger partial charge in [-0.1, -0.05) is 22.9 Å². The summed E-state index contributed by atoms with van der Waals surface area (Å²) in [6.45, 7) is 0. The van der Waals surface area contributed by atoms with Gasteiger partial charge in [-0.2, -0.15) is 0 Å². The Morgan fingerprint density at radius 1 is 1.09 bits per heavy atom. The Morgan fingerprint density at radius 3 is 2.50 bits per heavy atom. The highest BCUT2D eigenvalue weighted by Gasteiger charge is 2.14. The lowest BCUT2D eigenvalue weighted by molar-refractivity contribution is -0.659. The van der Waals surface area contributed by atoms with Crippen LogP contribution in [0.4, 0.5) is 5.69 Å². The molecule has 0 saturated carbocycles. The molecule has 0 aliphatic rings. The number of carboxylic acid groups (broad SMARTS) is 1. The van der Waals surface area contributed by atoms with Crippen molar-refractivity contribution in [3.63, 3.8) is 0 Å². The second-order valence-electron chi connectivity index (χ2n) is 6.61. The lowest BCUT2D eigenvalue weighted by Gasteiger charge is -2.08. The summed E-state index contributed by atoms with van der Waals surface area (Å²) >= 11 is 6.18. The fourth-order valence-electron chi connectivity index (χ4n) is 3.00. The van der Waals surface area contributed by atoms with Crippen molar-refractivity contribution >= 4 is 29.2 Å². The van der Waals surface area contributed by atoms with Gasteiger partial charge < -0.3 is 15.9 Å². The predicted octanol–water partition coefficient (Wildman–Crippen LogP) is 2.50. The van der Waals surface area contributed by atoms with Crippen LogP contribution in [0.5, 0.6) is 0 Å². The first-order valence-electron chi connectivity index (χ1n) is 9.16. The van der Waals surface area contributed by atoms with Gasteiger partial charge in [0.2, 0.25) is 5.91 Å². The third-order valence-electron chi connectivity index (χ3n) is 4.49. The van der Waals surface area contributed by atoms with Crippen LogP contribution in [0.1, 0.15) is 16.1 Å². The van der Waals surface area contributed by atoms with Crippen molar-refractivity contribution in [2.24, 2.45) is 0 Å². The molecule has 4 aromatic rings. The van der Waals surface area contributed by atoms with Gasteiger partial charge in [-0.05, 0) is 48.5 Å². The second-order valence-corrected chi connectivity index (χ2v) is 7.04. The maximum atomic E-state index is 12.3. The molecular formula is C21H17ClN6O4. The number of aromatic nitrogens is 5. The van der Waals surface area contributed by atoms with Crippen molar-refractivity contribution in [1.82, 2.24) is 20.5 Å². The lowest BCUT2D eigenvalue weighted by atomic mass is 10.0. The van der Waals surface area contributed by atoms with Gasteiger partial charge in [-0.25, -0.2) is 4.79 Å². The number of tetrazole rings is 1. The molecular weight excluding hydrogens is 436 g/mol. The molecule has 10 nitrogen and oxygen atoms in total. The predicted molar refractivity (Wildman–Crippen MR) is 114 cm³/mol. The van der Waals surface area contributed by atoms with E-state index >= 15 is 0 Å². The number of aromatic amines is 1. The fraction of sp³-hybridized carbons (Fsp3) is 0.0476. The summed E-state index contributed by atoms with van der Waals surface area (Å²) in [5.74, 6) is -1.28. The van der Waals surface area contributed by atoms with Crippen LogP contribution in [-0.4, -0.2) is 43.0 Å². The average molecular weight is 453 g/mol. The number of nitrogens with one attached hydrogen (secondary N) is 2. The molecule has 0 saturated heterocycles. The lowest BCUT2D eigenvalue weighted by Crippen LogP contribution is -2.32. The van der Waals surface area contributed by atoms with Crippen molar-refractivity contribution in [2.75, 3.05) is 5.32 Å². The van der Waals surface area contributed by atoms with E-state index in [1.54, 1.807) is 41.5 Å². The summed E-state index contributed by atoms with van der Waals surface area (Å²) in [5, 5.41) is 22.5. The third kappa shape index (κ3) is 5.12. The highest BCUT2D eigenvalue weighted by molar-refractivity contribution is 6.31. The van der Waals surface area contributed by atoms with E-state index in [9.17, 15) is 9.59 Å². The van der Waals surface area contributed by atoms with Crippen LogP contribution in [0.3, 0.4) is 0 Å². The molecule has 0 unspecified atom stereocenters. The van der Waals surface area contributed by atoms with E-state index in [1.807, 2.05) is 18.2 Å². The second kappa shape index (κ2) is 9.77. The van der Waals surface area contributed by atoms with Gasteiger partial charge in [0, 0.05) is 33.7 Å². The maximum absolute atomic E-state index is 12.3. The van der Waals surface area contributed by atoms with Crippen molar-refractivity contribution < 1.29 is 24.9 Å². The molecule has 4 rings (SSSR count). The fourth-order valence-corrected chi connectivity index (χ4v) is 3.17. The zero-order chi connectivity index (χ0) is 21.8. The van der Waals surface area contributed by atoms with Crippen LogP contribution in [0, 0.1) is 0 Å². The Morgan fingerprint density at radius 2 is 1.88 bits per heavy atom. The molecule has 0 aliphatic heterocycles. The van der Waals surface area contributed by atoms with Gasteiger partial charge in [0.05, 0.1) is 12.0 Å². The molecule has 1 amide bonds. The smallest absolute Gasteiger partial charge is 0.335 e. The van der Waals surface area contributed by atoms with Crippen LogP contribution in [0.2, 0.25) is 5.02 Å². The van der Waals surface area contributed by atoms with E-state index in [4.69, 9.17) is 16.7 Å². The third-order valence-corrected chi connectivity index (χ3v) is 4.72. The topological polar surface area (TPSA) is 155 Å². The number of hydrogen-bond acceptors (Lipinski definition) is 6. The van der Waals surface area contributed by atoms with Gasteiger partial charge in [-0.3, -0.25) is 9.78 Å². The number of carbonyl (C=O) groups is 2. The molecule has 0 radical (unpaired) electrons. The normalized spacial score (nSPS) is 10.3. The number of carbonyl (C=O) groups excluding carboxylic acids is 1. The van der Waals surface area contributed by atoms with Gasteiger partial charge in [0.15, 0.2) is 5.21 Å². The molecule has 2 aromatic carbocycles. The number of anilines is 1. The van der Waals surface area contributed by atoms with Crippen LogP contribution < -0.4 is 10.00 Å². The largest absolute Gasteiger partial charge is 0.870 e. The molecule has 11 heteroatoms. The first-order chi connectivity index (χ1) is 15.0. The van der Waals surface area contributed by atoms with Gasteiger partial charge >= 0.3 is 5.97 Å². The Labute approximate surface area is 186 Å². The van der Waals surface area contributed by atoms with E-state index in [2.05, 4.69) is 25.8 Å². The molecule has 0 fully saturated rings. The summed E-state index contributed by atoms with van der Waals surface area (Å²) in [7, 11) is 0. The molecule has 2 heterocycles. The Balaban J connectivity index is 0.00000289. The molecule has 0 aliphatic carbocycles. The minimum absolute atomic E-state index is 0. The Hall–Kier alpha value is -4.15. The molecule has 2 aromatic heterocycles. The first kappa shape index (κ1) is 22.5. The quantitative estimate of drug-likeness (QED) is 0.379. The number of benzene rings is 2. The summed E-state index contributed by atoms with van der Waals surface area (Å²) < 4.78 is 1.66. The Kier molecular flexibility index (Phi) is 6.88. The van der Waals surface area contributed by atoms with Crippen LogP contribution >= 0.6 is 11.6 Å². The molecule has 0 spiro atoms. The number of H-pyrrole nitrogens is 1. The summed E-state index contributed by atoms with van der Waals surface area (Å²) in [6, 6.07) is 15.0. The van der Waals surface area contributed by atoms with Crippen molar-refractivity contribution in [3.05, 3.63) is 83.4 Å². The first-order valence-corrected chi connectivity index (χ1v) is 9.53. The van der Waals surface area contributed by atoms with E-state index < -0.39 is 5.97 Å². The van der Waals surface area contributed by atoms with Crippen molar-refractivity contribution in [1.29, 1.82) is 0 Å². The summed E-state index contributed by atoms with van der Waals surface area (Å²) in [6.07, 6.45) is 3.29. The molecule has 4 N–H and O–H groups in total. The SMILES string of the molecule is O=C(Cc1ccc(-c2cc(Cl)ccc2-[n+]2cnn[nH]2)cn1)Nc1ccc(C(=O)O)cc1.[OH-]. The number of nitrogens with zero attached hydrogens (tertiary/aromatic N) is 4. The minimum atomic E-state index is -1.02. The molecule has 0 atom stereocenters. The number of amides is 1. The summed E-state index contributed by atoms with van der Waals surface area (Å²) in [4.78, 5) is 27.6.